The van der Waals surface area contributed by atoms with E-state index in [4.69, 9.17) is 4.74 Å². The second-order valence-corrected chi connectivity index (χ2v) is 6.11. The molecule has 0 bridgehead atoms. The molecule has 1 aliphatic heterocycles. The fraction of sp³-hybridized carbons (Fsp3) is 0.600. The van der Waals surface area contributed by atoms with Gasteiger partial charge in [-0.05, 0) is 52.3 Å². The summed E-state index contributed by atoms with van der Waals surface area (Å²) in [7, 11) is 0. The third-order valence-electron chi connectivity index (χ3n) is 3.20. The van der Waals surface area contributed by atoms with Gasteiger partial charge in [-0.25, -0.2) is 0 Å². The van der Waals surface area contributed by atoms with E-state index < -0.39 is 0 Å². The van der Waals surface area contributed by atoms with Crippen molar-refractivity contribution in [3.63, 3.8) is 0 Å². The van der Waals surface area contributed by atoms with Crippen LogP contribution in [-0.2, 0) is 12.8 Å². The van der Waals surface area contributed by atoms with Crippen molar-refractivity contribution >= 4 is 0 Å². The molecule has 0 aromatic heterocycles. The molecule has 1 aromatic carbocycles. The zero-order chi connectivity index (χ0) is 13.3. The van der Waals surface area contributed by atoms with Crippen LogP contribution in [0.2, 0.25) is 0 Å². The molecular formula is C15H23NO2. The van der Waals surface area contributed by atoms with Crippen molar-refractivity contribution in [1.82, 2.24) is 5.32 Å². The lowest BCUT2D eigenvalue weighted by atomic mass is 9.99. The molecule has 0 amide bonds. The highest BCUT2D eigenvalue weighted by Crippen LogP contribution is 2.39. The molecule has 2 rings (SSSR count). The second kappa shape index (κ2) is 4.81. The minimum atomic E-state index is 0.143. The summed E-state index contributed by atoms with van der Waals surface area (Å²) in [5.74, 6) is 0.956. The lowest BCUT2D eigenvalue weighted by molar-refractivity contribution is 0.245. The van der Waals surface area contributed by atoms with Crippen molar-refractivity contribution in [2.24, 2.45) is 0 Å². The standard InChI is InChI=1S/C15H23NO2/c1-10-9-12-11(7-8-16-15(2,3)4)5-6-13(17)14(12)18-10/h5-6,10,16-17H,7-9H2,1-4H3. The summed E-state index contributed by atoms with van der Waals surface area (Å²) < 4.78 is 5.66. The molecule has 2 N–H and O–H groups in total. The zero-order valence-electron chi connectivity index (χ0n) is 11.7. The average Bonchev–Trinajstić information content (AvgIpc) is 2.63. The molecule has 3 nitrogen and oxygen atoms in total. The number of fused-ring (bicyclic) bond motifs is 1. The van der Waals surface area contributed by atoms with E-state index in [9.17, 15) is 5.11 Å². The molecular weight excluding hydrogens is 226 g/mol. The van der Waals surface area contributed by atoms with Crippen LogP contribution in [0, 0.1) is 0 Å². The molecule has 3 heteroatoms. The van der Waals surface area contributed by atoms with Gasteiger partial charge in [-0.1, -0.05) is 6.07 Å². The topological polar surface area (TPSA) is 41.5 Å². The van der Waals surface area contributed by atoms with E-state index in [0.717, 1.165) is 19.4 Å². The van der Waals surface area contributed by atoms with Crippen LogP contribution in [-0.4, -0.2) is 23.3 Å². The first-order valence-corrected chi connectivity index (χ1v) is 6.62. The molecule has 100 valence electrons. The first kappa shape index (κ1) is 13.2. The monoisotopic (exact) mass is 249 g/mol. The number of ether oxygens (including phenoxy) is 1. The lowest BCUT2D eigenvalue weighted by Gasteiger charge is -2.20. The van der Waals surface area contributed by atoms with Gasteiger partial charge >= 0.3 is 0 Å². The molecule has 18 heavy (non-hydrogen) atoms. The van der Waals surface area contributed by atoms with Crippen LogP contribution in [0.3, 0.4) is 0 Å². The number of hydrogen-bond acceptors (Lipinski definition) is 3. The van der Waals surface area contributed by atoms with Crippen LogP contribution in [0.15, 0.2) is 12.1 Å². The van der Waals surface area contributed by atoms with Gasteiger partial charge in [0.2, 0.25) is 0 Å². The predicted molar refractivity (Wildman–Crippen MR) is 73.4 cm³/mol. The summed E-state index contributed by atoms with van der Waals surface area (Å²) >= 11 is 0. The van der Waals surface area contributed by atoms with Crippen molar-refractivity contribution in [2.45, 2.75) is 52.2 Å². The minimum Gasteiger partial charge on any atom is -0.504 e. The van der Waals surface area contributed by atoms with E-state index in [1.165, 1.54) is 11.1 Å². The van der Waals surface area contributed by atoms with Gasteiger partial charge in [0, 0.05) is 17.5 Å². The minimum absolute atomic E-state index is 0.143. The van der Waals surface area contributed by atoms with Crippen molar-refractivity contribution in [3.8, 4) is 11.5 Å². The third-order valence-corrected chi connectivity index (χ3v) is 3.20. The molecule has 1 aliphatic rings. The van der Waals surface area contributed by atoms with Gasteiger partial charge in [0.25, 0.3) is 0 Å². The normalized spacial score (nSPS) is 18.6. The molecule has 1 unspecified atom stereocenters. The molecule has 0 radical (unpaired) electrons. The number of hydrogen-bond donors (Lipinski definition) is 2. The quantitative estimate of drug-likeness (QED) is 0.865. The van der Waals surface area contributed by atoms with Gasteiger partial charge in [-0.15, -0.1) is 0 Å². The van der Waals surface area contributed by atoms with Crippen molar-refractivity contribution in [2.75, 3.05) is 6.54 Å². The molecule has 0 fully saturated rings. The molecule has 0 saturated heterocycles. The van der Waals surface area contributed by atoms with E-state index in [-0.39, 0.29) is 17.4 Å². The van der Waals surface area contributed by atoms with Crippen molar-refractivity contribution in [1.29, 1.82) is 0 Å². The summed E-state index contributed by atoms with van der Waals surface area (Å²) in [6.45, 7) is 9.48. The van der Waals surface area contributed by atoms with Crippen LogP contribution >= 0.6 is 0 Å². The van der Waals surface area contributed by atoms with Crippen LogP contribution < -0.4 is 10.1 Å². The van der Waals surface area contributed by atoms with Gasteiger partial charge in [-0.2, -0.15) is 0 Å². The Morgan fingerprint density at radius 2 is 2.11 bits per heavy atom. The van der Waals surface area contributed by atoms with Crippen LogP contribution in [0.5, 0.6) is 11.5 Å². The maximum absolute atomic E-state index is 9.79. The first-order chi connectivity index (χ1) is 8.37. The Bertz CT molecular complexity index is 435. The third kappa shape index (κ3) is 2.96. The van der Waals surface area contributed by atoms with E-state index in [1.54, 1.807) is 6.07 Å². The molecule has 1 heterocycles. The number of nitrogens with one attached hydrogen (secondary N) is 1. The molecule has 0 saturated carbocycles. The number of phenolic OH excluding ortho intramolecular Hbond substituents is 1. The lowest BCUT2D eigenvalue weighted by Crippen LogP contribution is -2.37. The predicted octanol–water partition coefficient (Wildman–Crippen LogP) is 2.65. The first-order valence-electron chi connectivity index (χ1n) is 6.62. The molecule has 1 aromatic rings. The summed E-state index contributed by atoms with van der Waals surface area (Å²) in [6, 6.07) is 3.75. The summed E-state index contributed by atoms with van der Waals surface area (Å²) in [6.07, 6.45) is 2.03. The molecule has 0 spiro atoms. The fourth-order valence-electron chi connectivity index (χ4n) is 2.35. The highest BCUT2D eigenvalue weighted by molar-refractivity contribution is 5.52. The summed E-state index contributed by atoms with van der Waals surface area (Å²) in [5.41, 5.74) is 2.60. The Kier molecular flexibility index (Phi) is 3.53. The van der Waals surface area contributed by atoms with Gasteiger partial charge in [0.05, 0.1) is 0 Å². The average molecular weight is 249 g/mol. The van der Waals surface area contributed by atoms with E-state index in [2.05, 4.69) is 26.1 Å². The molecule has 0 aliphatic carbocycles. The Hall–Kier alpha value is -1.22. The maximum Gasteiger partial charge on any atom is 0.164 e. The van der Waals surface area contributed by atoms with E-state index in [1.807, 2.05) is 13.0 Å². The Morgan fingerprint density at radius 1 is 1.39 bits per heavy atom. The highest BCUT2D eigenvalue weighted by atomic mass is 16.5. The molecule has 1 atom stereocenters. The van der Waals surface area contributed by atoms with Crippen molar-refractivity contribution in [3.05, 3.63) is 23.3 Å². The maximum atomic E-state index is 9.79. The van der Waals surface area contributed by atoms with Crippen LogP contribution in [0.1, 0.15) is 38.8 Å². The van der Waals surface area contributed by atoms with Gasteiger partial charge < -0.3 is 15.2 Å². The highest BCUT2D eigenvalue weighted by Gasteiger charge is 2.25. The Balaban J connectivity index is 2.09. The number of benzene rings is 1. The summed E-state index contributed by atoms with van der Waals surface area (Å²) in [5, 5.41) is 13.3. The number of phenols is 1. The largest absolute Gasteiger partial charge is 0.504 e. The van der Waals surface area contributed by atoms with Gasteiger partial charge in [-0.3, -0.25) is 0 Å². The number of aromatic hydroxyl groups is 1. The zero-order valence-corrected chi connectivity index (χ0v) is 11.7. The fourth-order valence-corrected chi connectivity index (χ4v) is 2.35. The smallest absolute Gasteiger partial charge is 0.164 e. The van der Waals surface area contributed by atoms with Crippen LogP contribution in [0.25, 0.3) is 0 Å². The van der Waals surface area contributed by atoms with Crippen LogP contribution in [0.4, 0.5) is 0 Å². The SMILES string of the molecule is CC1Cc2c(CCNC(C)(C)C)ccc(O)c2O1. The Labute approximate surface area is 109 Å². The number of rotatable bonds is 3. The van der Waals surface area contributed by atoms with E-state index >= 15 is 0 Å². The van der Waals surface area contributed by atoms with Gasteiger partial charge in [0.15, 0.2) is 11.5 Å². The van der Waals surface area contributed by atoms with Gasteiger partial charge in [0.1, 0.15) is 6.10 Å². The Morgan fingerprint density at radius 3 is 2.78 bits per heavy atom. The van der Waals surface area contributed by atoms with E-state index in [0.29, 0.717) is 5.75 Å². The second-order valence-electron chi connectivity index (χ2n) is 6.11. The van der Waals surface area contributed by atoms with Crippen molar-refractivity contribution < 1.29 is 9.84 Å². The summed E-state index contributed by atoms with van der Waals surface area (Å²) in [4.78, 5) is 0.